The van der Waals surface area contributed by atoms with Gasteiger partial charge in [-0.15, -0.1) is 0 Å². The van der Waals surface area contributed by atoms with Crippen molar-refractivity contribution < 1.29 is 8.42 Å². The second kappa shape index (κ2) is 3.03. The third-order valence-electron chi connectivity index (χ3n) is 1.01. The molecule has 11 heavy (non-hydrogen) atoms. The second-order valence-electron chi connectivity index (χ2n) is 1.88. The lowest BCUT2D eigenvalue weighted by molar-refractivity contribution is 0.597. The zero-order valence-corrected chi connectivity index (χ0v) is 8.33. The van der Waals surface area contributed by atoms with Crippen LogP contribution in [0.15, 0.2) is 23.4 Å². The Kier molecular flexibility index (Phi) is 2.45. The highest BCUT2D eigenvalue weighted by Crippen LogP contribution is 2.08. The number of halogens is 1. The van der Waals surface area contributed by atoms with Gasteiger partial charge in [0.2, 0.25) is 10.0 Å². The summed E-state index contributed by atoms with van der Waals surface area (Å²) < 4.78 is 22.2. The molecule has 2 N–H and O–H groups in total. The molecule has 0 amide bonds. The molecule has 4 nitrogen and oxygen atoms in total. The molecular weight excluding hydrogens is 279 g/mol. The van der Waals surface area contributed by atoms with Crippen molar-refractivity contribution in [1.82, 2.24) is 4.98 Å². The Morgan fingerprint density at radius 3 is 2.45 bits per heavy atom. The number of rotatable bonds is 1. The molecule has 1 aromatic heterocycles. The molecule has 0 fully saturated rings. The Morgan fingerprint density at radius 2 is 2.09 bits per heavy atom. The van der Waals surface area contributed by atoms with E-state index in [0.717, 1.165) is 3.57 Å². The second-order valence-corrected chi connectivity index (χ2v) is 4.69. The lowest BCUT2D eigenvalue weighted by Crippen LogP contribution is -2.12. The summed E-state index contributed by atoms with van der Waals surface area (Å²) in [5.74, 6) is 0. The highest BCUT2D eigenvalue weighted by Gasteiger charge is 2.06. The van der Waals surface area contributed by atoms with Crippen molar-refractivity contribution in [3.8, 4) is 0 Å². The molecule has 0 saturated heterocycles. The van der Waals surface area contributed by atoms with Crippen molar-refractivity contribution in [3.63, 3.8) is 0 Å². The summed E-state index contributed by atoms with van der Waals surface area (Å²) in [5, 5.41) is 4.85. The van der Waals surface area contributed by atoms with Gasteiger partial charge in [-0.2, -0.15) is 0 Å². The van der Waals surface area contributed by atoms with Crippen molar-refractivity contribution in [1.29, 1.82) is 0 Å². The summed E-state index contributed by atoms with van der Waals surface area (Å²) in [7, 11) is -3.59. The maximum absolute atomic E-state index is 10.7. The third kappa shape index (κ3) is 2.38. The lowest BCUT2D eigenvalue weighted by atomic mass is 10.5. The van der Waals surface area contributed by atoms with Crippen LogP contribution in [0.25, 0.3) is 0 Å². The average Bonchev–Trinajstić information content (AvgIpc) is 1.86. The minimum absolute atomic E-state index is 0.0457. The van der Waals surface area contributed by atoms with Gasteiger partial charge < -0.3 is 0 Å². The van der Waals surface area contributed by atoms with Crippen LogP contribution < -0.4 is 5.14 Å². The van der Waals surface area contributed by atoms with E-state index in [2.05, 4.69) is 4.98 Å². The zero-order chi connectivity index (χ0) is 8.48. The molecule has 0 atom stereocenters. The van der Waals surface area contributed by atoms with E-state index in [4.69, 9.17) is 5.14 Å². The molecule has 1 heterocycles. The van der Waals surface area contributed by atoms with Gasteiger partial charge >= 0.3 is 0 Å². The Morgan fingerprint density at radius 1 is 1.45 bits per heavy atom. The van der Waals surface area contributed by atoms with Crippen LogP contribution in [0.3, 0.4) is 0 Å². The van der Waals surface area contributed by atoms with E-state index in [0.29, 0.717) is 0 Å². The molecule has 0 aliphatic rings. The van der Waals surface area contributed by atoms with Gasteiger partial charge in [0, 0.05) is 16.0 Å². The SMILES string of the molecule is NS(=O)(=O)c1cncc(I)c1. The number of sulfonamides is 1. The number of aromatic nitrogens is 1. The Labute approximate surface area is 78.0 Å². The number of hydrogen-bond acceptors (Lipinski definition) is 3. The summed E-state index contributed by atoms with van der Waals surface area (Å²) >= 11 is 1.96. The molecule has 0 spiro atoms. The highest BCUT2D eigenvalue weighted by molar-refractivity contribution is 14.1. The topological polar surface area (TPSA) is 73.1 Å². The van der Waals surface area contributed by atoms with Crippen LogP contribution in [0.5, 0.6) is 0 Å². The predicted molar refractivity (Wildman–Crippen MR) is 48.3 cm³/mol. The maximum atomic E-state index is 10.7. The average molecular weight is 284 g/mol. The Balaban J connectivity index is 3.28. The van der Waals surface area contributed by atoms with E-state index in [1.165, 1.54) is 12.3 Å². The van der Waals surface area contributed by atoms with Crippen LogP contribution in [0.4, 0.5) is 0 Å². The standard InChI is InChI=1S/C5H5IN2O2S/c6-4-1-5(3-8-2-4)11(7,9)10/h1-3H,(H2,7,9,10). The Bertz CT molecular complexity index is 363. The first-order valence-electron chi connectivity index (χ1n) is 2.63. The van der Waals surface area contributed by atoms with Crippen molar-refractivity contribution in [3.05, 3.63) is 22.0 Å². The molecule has 1 rings (SSSR count). The van der Waals surface area contributed by atoms with Gasteiger partial charge in [0.1, 0.15) is 4.90 Å². The van der Waals surface area contributed by atoms with Gasteiger partial charge in [-0.05, 0) is 28.7 Å². The zero-order valence-electron chi connectivity index (χ0n) is 5.36. The molecule has 0 unspecified atom stereocenters. The number of nitrogens with two attached hydrogens (primary N) is 1. The summed E-state index contributed by atoms with van der Waals surface area (Å²) in [6.45, 7) is 0. The van der Waals surface area contributed by atoms with E-state index < -0.39 is 10.0 Å². The van der Waals surface area contributed by atoms with Gasteiger partial charge in [-0.3, -0.25) is 4.98 Å². The van der Waals surface area contributed by atoms with Crippen LogP contribution in [-0.2, 0) is 10.0 Å². The van der Waals surface area contributed by atoms with Crippen molar-refractivity contribution in [2.45, 2.75) is 4.90 Å². The summed E-state index contributed by atoms with van der Waals surface area (Å²) in [5.41, 5.74) is 0. The summed E-state index contributed by atoms with van der Waals surface area (Å²) in [4.78, 5) is 3.73. The molecule has 1 aromatic rings. The monoisotopic (exact) mass is 284 g/mol. The fourth-order valence-electron chi connectivity index (χ4n) is 0.548. The number of pyridine rings is 1. The van der Waals surface area contributed by atoms with Gasteiger partial charge in [0.15, 0.2) is 0 Å². The maximum Gasteiger partial charge on any atom is 0.239 e. The smallest absolute Gasteiger partial charge is 0.239 e. The molecule has 60 valence electrons. The molecule has 0 radical (unpaired) electrons. The minimum Gasteiger partial charge on any atom is -0.262 e. The summed E-state index contributed by atoms with van der Waals surface area (Å²) in [6, 6.07) is 1.46. The molecule has 6 heteroatoms. The van der Waals surface area contributed by atoms with Gasteiger partial charge in [0.25, 0.3) is 0 Å². The number of nitrogens with zero attached hydrogens (tertiary/aromatic N) is 1. The Hall–Kier alpha value is -0.210. The first kappa shape index (κ1) is 8.88. The third-order valence-corrected chi connectivity index (χ3v) is 2.48. The van der Waals surface area contributed by atoms with E-state index >= 15 is 0 Å². The fraction of sp³-hybridized carbons (Fsp3) is 0. The van der Waals surface area contributed by atoms with Gasteiger partial charge in [-0.25, -0.2) is 13.6 Å². The van der Waals surface area contributed by atoms with Crippen LogP contribution >= 0.6 is 22.6 Å². The molecule has 0 saturated carbocycles. The highest BCUT2D eigenvalue weighted by atomic mass is 127. The van der Waals surface area contributed by atoms with Crippen molar-refractivity contribution in [2.24, 2.45) is 5.14 Å². The number of hydrogen-bond donors (Lipinski definition) is 1. The number of primary sulfonamides is 1. The van der Waals surface area contributed by atoms with E-state index in [-0.39, 0.29) is 4.90 Å². The van der Waals surface area contributed by atoms with E-state index in [1.807, 2.05) is 22.6 Å². The fourth-order valence-corrected chi connectivity index (χ4v) is 1.75. The molecule has 0 bridgehead atoms. The van der Waals surface area contributed by atoms with Gasteiger partial charge in [0.05, 0.1) is 0 Å². The lowest BCUT2D eigenvalue weighted by Gasteiger charge is -1.95. The van der Waals surface area contributed by atoms with Crippen LogP contribution in [0, 0.1) is 3.57 Å². The first-order chi connectivity index (χ1) is 5.00. The van der Waals surface area contributed by atoms with Crippen LogP contribution in [0.1, 0.15) is 0 Å². The van der Waals surface area contributed by atoms with Crippen molar-refractivity contribution >= 4 is 32.6 Å². The quantitative estimate of drug-likeness (QED) is 0.755. The molecule has 0 aliphatic carbocycles. The van der Waals surface area contributed by atoms with E-state index in [1.54, 1.807) is 6.20 Å². The van der Waals surface area contributed by atoms with Crippen LogP contribution in [0.2, 0.25) is 0 Å². The van der Waals surface area contributed by atoms with Crippen molar-refractivity contribution in [2.75, 3.05) is 0 Å². The molecule has 0 aromatic carbocycles. The molecule has 0 aliphatic heterocycles. The predicted octanol–water partition coefficient (Wildman–Crippen LogP) is 0.334. The molecular formula is C5H5IN2O2S. The summed E-state index contributed by atoms with van der Waals surface area (Å²) in [6.07, 6.45) is 2.77. The first-order valence-corrected chi connectivity index (χ1v) is 5.26. The van der Waals surface area contributed by atoms with E-state index in [9.17, 15) is 8.42 Å². The minimum atomic E-state index is -3.59. The van der Waals surface area contributed by atoms with Gasteiger partial charge in [-0.1, -0.05) is 0 Å². The van der Waals surface area contributed by atoms with Crippen LogP contribution in [-0.4, -0.2) is 13.4 Å². The largest absolute Gasteiger partial charge is 0.262 e. The normalized spacial score (nSPS) is 11.5.